The van der Waals surface area contributed by atoms with Gasteiger partial charge in [0.05, 0.1) is 5.75 Å². The molecule has 0 amide bonds. The molecule has 0 radical (unpaired) electrons. The molecule has 0 saturated heterocycles. The first-order valence-electron chi connectivity index (χ1n) is 7.68. The molecule has 0 bridgehead atoms. The second-order valence-corrected chi connectivity index (χ2v) is 7.75. The molecule has 5 heteroatoms. The summed E-state index contributed by atoms with van der Waals surface area (Å²) in [4.78, 5) is 0. The Morgan fingerprint density at radius 2 is 1.90 bits per heavy atom. The van der Waals surface area contributed by atoms with Gasteiger partial charge < -0.3 is 5.32 Å². The van der Waals surface area contributed by atoms with Crippen LogP contribution in [0.3, 0.4) is 0 Å². The highest BCUT2D eigenvalue weighted by atomic mass is 32.2. The maximum Gasteiger partial charge on any atom is 0.232 e. The van der Waals surface area contributed by atoms with E-state index in [9.17, 15) is 8.42 Å². The molecule has 21 heavy (non-hydrogen) atoms. The Morgan fingerprint density at radius 1 is 1.19 bits per heavy atom. The zero-order chi connectivity index (χ0) is 15.9. The lowest BCUT2D eigenvalue weighted by Gasteiger charge is -2.15. The van der Waals surface area contributed by atoms with Crippen LogP contribution in [0.25, 0.3) is 0 Å². The van der Waals surface area contributed by atoms with Crippen molar-refractivity contribution in [1.29, 1.82) is 0 Å². The first-order valence-corrected chi connectivity index (χ1v) is 9.33. The monoisotopic (exact) mass is 312 g/mol. The highest BCUT2D eigenvalue weighted by Crippen LogP contribution is 2.18. The molecule has 0 aliphatic rings. The van der Waals surface area contributed by atoms with Crippen LogP contribution in [0.1, 0.15) is 52.1 Å². The van der Waals surface area contributed by atoms with Gasteiger partial charge in [0.2, 0.25) is 10.0 Å². The van der Waals surface area contributed by atoms with Gasteiger partial charge in [-0.1, -0.05) is 32.9 Å². The lowest BCUT2D eigenvalue weighted by molar-refractivity contribution is 0.570. The van der Waals surface area contributed by atoms with Crippen LogP contribution in [0.15, 0.2) is 24.3 Å². The summed E-state index contributed by atoms with van der Waals surface area (Å²) < 4.78 is 26.7. The van der Waals surface area contributed by atoms with Crippen LogP contribution in [0.4, 0.5) is 5.69 Å². The smallest absolute Gasteiger partial charge is 0.232 e. The van der Waals surface area contributed by atoms with Crippen molar-refractivity contribution < 1.29 is 8.42 Å². The lowest BCUT2D eigenvalue weighted by Crippen LogP contribution is -2.20. The molecule has 0 fully saturated rings. The minimum absolute atomic E-state index is 0.165. The molecule has 1 aromatic carbocycles. The quantitative estimate of drug-likeness (QED) is 0.733. The zero-order valence-corrected chi connectivity index (χ0v) is 14.3. The van der Waals surface area contributed by atoms with Gasteiger partial charge in [-0.15, -0.1) is 0 Å². The molecule has 0 heterocycles. The van der Waals surface area contributed by atoms with Gasteiger partial charge in [-0.3, -0.25) is 4.72 Å². The summed E-state index contributed by atoms with van der Waals surface area (Å²) in [5, 5.41) is 3.40. The summed E-state index contributed by atoms with van der Waals surface area (Å²) >= 11 is 0. The molecule has 1 atom stereocenters. The number of hydrogen-bond donors (Lipinski definition) is 2. The van der Waals surface area contributed by atoms with E-state index in [4.69, 9.17) is 0 Å². The van der Waals surface area contributed by atoms with Gasteiger partial charge in [0.25, 0.3) is 0 Å². The molecular formula is C16H28N2O2S. The van der Waals surface area contributed by atoms with Crippen molar-refractivity contribution >= 4 is 15.7 Å². The van der Waals surface area contributed by atoms with E-state index in [0.717, 1.165) is 18.5 Å². The Morgan fingerprint density at radius 3 is 2.52 bits per heavy atom. The summed E-state index contributed by atoms with van der Waals surface area (Å²) in [6.45, 7) is 9.21. The average molecular weight is 312 g/mol. The van der Waals surface area contributed by atoms with Crippen molar-refractivity contribution in [1.82, 2.24) is 5.32 Å². The zero-order valence-electron chi connectivity index (χ0n) is 13.5. The molecule has 120 valence electrons. The molecule has 0 aromatic heterocycles. The van der Waals surface area contributed by atoms with Gasteiger partial charge in [0, 0.05) is 11.7 Å². The van der Waals surface area contributed by atoms with Crippen LogP contribution < -0.4 is 10.0 Å². The summed E-state index contributed by atoms with van der Waals surface area (Å²) in [5.41, 5.74) is 1.73. The second-order valence-electron chi connectivity index (χ2n) is 5.90. The Balaban J connectivity index is 2.72. The highest BCUT2D eigenvalue weighted by Gasteiger charge is 2.12. The summed E-state index contributed by atoms with van der Waals surface area (Å²) in [7, 11) is -3.26. The fourth-order valence-corrected chi connectivity index (χ4v) is 3.34. The van der Waals surface area contributed by atoms with E-state index in [1.165, 1.54) is 0 Å². The molecule has 0 aliphatic carbocycles. The molecule has 0 aliphatic heterocycles. The number of anilines is 1. The van der Waals surface area contributed by atoms with Crippen LogP contribution in [0.2, 0.25) is 0 Å². The third kappa shape index (κ3) is 6.96. The highest BCUT2D eigenvalue weighted by molar-refractivity contribution is 7.92. The van der Waals surface area contributed by atoms with E-state index in [1.54, 1.807) is 6.07 Å². The third-order valence-electron chi connectivity index (χ3n) is 3.32. The molecule has 2 N–H and O–H groups in total. The van der Waals surface area contributed by atoms with Crippen LogP contribution >= 0.6 is 0 Å². The van der Waals surface area contributed by atoms with Crippen LogP contribution in [-0.4, -0.2) is 20.7 Å². The lowest BCUT2D eigenvalue weighted by atomic mass is 10.1. The first-order chi connectivity index (χ1) is 9.84. The SMILES string of the molecule is CCCNC(C)c1cccc(NS(=O)(=O)CCC(C)C)c1. The Labute approximate surface area is 129 Å². The molecule has 4 nitrogen and oxygen atoms in total. The maximum absolute atomic E-state index is 12.0. The average Bonchev–Trinajstić information content (AvgIpc) is 2.42. The van der Waals surface area contributed by atoms with Crippen molar-refractivity contribution in [2.24, 2.45) is 5.92 Å². The van der Waals surface area contributed by atoms with Crippen LogP contribution in [0.5, 0.6) is 0 Å². The van der Waals surface area contributed by atoms with E-state index < -0.39 is 10.0 Å². The number of benzene rings is 1. The van der Waals surface area contributed by atoms with Crippen molar-refractivity contribution in [2.75, 3.05) is 17.0 Å². The maximum atomic E-state index is 12.0. The van der Waals surface area contributed by atoms with Crippen LogP contribution in [-0.2, 0) is 10.0 Å². The number of rotatable bonds is 9. The van der Waals surface area contributed by atoms with E-state index >= 15 is 0 Å². The normalized spacial score (nSPS) is 13.4. The Bertz CT molecular complexity index is 527. The van der Waals surface area contributed by atoms with E-state index in [-0.39, 0.29) is 11.8 Å². The van der Waals surface area contributed by atoms with Gasteiger partial charge in [-0.05, 0) is 49.9 Å². The fourth-order valence-electron chi connectivity index (χ4n) is 1.97. The van der Waals surface area contributed by atoms with Crippen molar-refractivity contribution in [2.45, 2.75) is 46.6 Å². The topological polar surface area (TPSA) is 58.2 Å². The Kier molecular flexibility index (Phi) is 7.18. The van der Waals surface area contributed by atoms with Gasteiger partial charge in [-0.2, -0.15) is 0 Å². The molecule has 1 aromatic rings. The summed E-state index contributed by atoms with van der Waals surface area (Å²) in [6, 6.07) is 7.81. The second kappa shape index (κ2) is 8.39. The van der Waals surface area contributed by atoms with E-state index in [0.29, 0.717) is 18.0 Å². The molecule has 0 saturated carbocycles. The number of nitrogens with one attached hydrogen (secondary N) is 2. The van der Waals surface area contributed by atoms with E-state index in [2.05, 4.69) is 23.9 Å². The van der Waals surface area contributed by atoms with Crippen molar-refractivity contribution in [3.05, 3.63) is 29.8 Å². The summed E-state index contributed by atoms with van der Waals surface area (Å²) in [6.07, 6.45) is 1.75. The van der Waals surface area contributed by atoms with Crippen molar-refractivity contribution in [3.63, 3.8) is 0 Å². The Hall–Kier alpha value is -1.07. The van der Waals surface area contributed by atoms with E-state index in [1.807, 2.05) is 32.0 Å². The van der Waals surface area contributed by atoms with Crippen molar-refractivity contribution in [3.8, 4) is 0 Å². The molecule has 0 spiro atoms. The standard InChI is InChI=1S/C16H28N2O2S/c1-5-10-17-14(4)15-7-6-8-16(12-15)18-21(19,20)11-9-13(2)3/h6-8,12-14,17-18H,5,9-11H2,1-4H3. The predicted molar refractivity (Wildman–Crippen MR) is 90.0 cm³/mol. The van der Waals surface area contributed by atoms with Gasteiger partial charge >= 0.3 is 0 Å². The minimum atomic E-state index is -3.26. The van der Waals surface area contributed by atoms with Gasteiger partial charge in [0.15, 0.2) is 0 Å². The molecular weight excluding hydrogens is 284 g/mol. The van der Waals surface area contributed by atoms with Gasteiger partial charge in [-0.25, -0.2) is 8.42 Å². The minimum Gasteiger partial charge on any atom is -0.310 e. The largest absolute Gasteiger partial charge is 0.310 e. The first kappa shape index (κ1) is 18.0. The van der Waals surface area contributed by atoms with Gasteiger partial charge in [0.1, 0.15) is 0 Å². The van der Waals surface area contributed by atoms with Crippen LogP contribution in [0, 0.1) is 5.92 Å². The molecule has 1 unspecified atom stereocenters. The summed E-state index contributed by atoms with van der Waals surface area (Å²) in [5.74, 6) is 0.546. The predicted octanol–water partition coefficient (Wildman–Crippen LogP) is 3.54. The fraction of sp³-hybridized carbons (Fsp3) is 0.625. The molecule has 1 rings (SSSR count). The number of hydrogen-bond acceptors (Lipinski definition) is 3. The number of sulfonamides is 1. The third-order valence-corrected chi connectivity index (χ3v) is 4.64.